The summed E-state index contributed by atoms with van der Waals surface area (Å²) in [6.45, 7) is 2.71. The van der Waals surface area contributed by atoms with Crippen LogP contribution in [0.1, 0.15) is 10.4 Å². The first-order valence-electron chi connectivity index (χ1n) is 6.30. The molecule has 5 nitrogen and oxygen atoms in total. The second-order valence-corrected chi connectivity index (χ2v) is 5.21. The van der Waals surface area contributed by atoms with Gasteiger partial charge in [-0.3, -0.25) is 9.59 Å². The molecule has 0 spiro atoms. The van der Waals surface area contributed by atoms with E-state index in [4.69, 9.17) is 0 Å². The molecule has 7 heteroatoms. The molecule has 0 aliphatic carbocycles. The maximum atomic E-state index is 13.3. The van der Waals surface area contributed by atoms with E-state index in [1.165, 1.54) is 18.2 Å². The van der Waals surface area contributed by atoms with E-state index >= 15 is 0 Å². The molecule has 1 heterocycles. The summed E-state index contributed by atoms with van der Waals surface area (Å²) in [4.78, 5) is 25.5. The highest BCUT2D eigenvalue weighted by atomic mass is 79.9. The van der Waals surface area contributed by atoms with Crippen molar-refractivity contribution in [1.29, 1.82) is 0 Å². The van der Waals surface area contributed by atoms with Gasteiger partial charge in [0.1, 0.15) is 5.82 Å². The van der Waals surface area contributed by atoms with E-state index in [1.807, 2.05) is 0 Å². The summed E-state index contributed by atoms with van der Waals surface area (Å²) in [5.41, 5.74) is 0.179. The number of hydrogen-bond donors (Lipinski definition) is 2. The first-order chi connectivity index (χ1) is 9.59. The SMILES string of the molecule is O=C(NCC(=O)N1CCNCC1)c1cccc(F)c1Br. The summed E-state index contributed by atoms with van der Waals surface area (Å²) < 4.78 is 13.4. The van der Waals surface area contributed by atoms with Gasteiger partial charge in [0.05, 0.1) is 16.6 Å². The van der Waals surface area contributed by atoms with Crippen molar-refractivity contribution < 1.29 is 14.0 Å². The molecule has 2 N–H and O–H groups in total. The average molecular weight is 344 g/mol. The number of halogens is 2. The van der Waals surface area contributed by atoms with Gasteiger partial charge in [0.15, 0.2) is 0 Å². The van der Waals surface area contributed by atoms with Crippen LogP contribution in [0, 0.1) is 5.82 Å². The lowest BCUT2D eigenvalue weighted by Gasteiger charge is -2.27. The van der Waals surface area contributed by atoms with Gasteiger partial charge in [-0.1, -0.05) is 6.07 Å². The van der Waals surface area contributed by atoms with E-state index in [2.05, 4.69) is 26.6 Å². The summed E-state index contributed by atoms with van der Waals surface area (Å²) in [6, 6.07) is 4.21. The summed E-state index contributed by atoms with van der Waals surface area (Å²) in [6.07, 6.45) is 0. The number of hydrogen-bond acceptors (Lipinski definition) is 3. The second-order valence-electron chi connectivity index (χ2n) is 4.41. The molecule has 0 saturated carbocycles. The number of piperazine rings is 1. The van der Waals surface area contributed by atoms with E-state index in [0.717, 1.165) is 13.1 Å². The number of benzene rings is 1. The molecule has 0 unspecified atom stereocenters. The van der Waals surface area contributed by atoms with Gasteiger partial charge in [-0.15, -0.1) is 0 Å². The van der Waals surface area contributed by atoms with Crippen LogP contribution in [0.3, 0.4) is 0 Å². The number of rotatable bonds is 3. The van der Waals surface area contributed by atoms with Crippen molar-refractivity contribution in [3.05, 3.63) is 34.1 Å². The zero-order valence-electron chi connectivity index (χ0n) is 10.8. The molecule has 2 amide bonds. The van der Waals surface area contributed by atoms with E-state index in [0.29, 0.717) is 13.1 Å². The van der Waals surface area contributed by atoms with E-state index < -0.39 is 11.7 Å². The van der Waals surface area contributed by atoms with Crippen LogP contribution in [0.2, 0.25) is 0 Å². The van der Waals surface area contributed by atoms with Crippen LogP contribution in [0.15, 0.2) is 22.7 Å². The van der Waals surface area contributed by atoms with Crippen LogP contribution >= 0.6 is 15.9 Å². The first-order valence-corrected chi connectivity index (χ1v) is 7.09. The number of carbonyl (C=O) groups excluding carboxylic acids is 2. The minimum absolute atomic E-state index is 0.0816. The number of amides is 2. The smallest absolute Gasteiger partial charge is 0.252 e. The molecule has 1 aliphatic heterocycles. The minimum atomic E-state index is -0.508. The molecule has 0 radical (unpaired) electrons. The monoisotopic (exact) mass is 343 g/mol. The van der Waals surface area contributed by atoms with E-state index in [9.17, 15) is 14.0 Å². The Morgan fingerprint density at radius 2 is 2.05 bits per heavy atom. The van der Waals surface area contributed by atoms with Crippen LogP contribution in [-0.4, -0.2) is 49.4 Å². The van der Waals surface area contributed by atoms with Gasteiger partial charge >= 0.3 is 0 Å². The van der Waals surface area contributed by atoms with Crippen LogP contribution < -0.4 is 10.6 Å². The lowest BCUT2D eigenvalue weighted by atomic mass is 10.2. The molecule has 0 bridgehead atoms. The lowest BCUT2D eigenvalue weighted by molar-refractivity contribution is -0.130. The third-order valence-corrected chi connectivity index (χ3v) is 3.87. The van der Waals surface area contributed by atoms with E-state index in [-0.39, 0.29) is 22.5 Å². The van der Waals surface area contributed by atoms with Gasteiger partial charge in [0, 0.05) is 26.2 Å². The fourth-order valence-electron chi connectivity index (χ4n) is 1.96. The predicted molar refractivity (Wildman–Crippen MR) is 75.9 cm³/mol. The van der Waals surface area contributed by atoms with Gasteiger partial charge in [0.2, 0.25) is 5.91 Å². The lowest BCUT2D eigenvalue weighted by Crippen LogP contribution is -2.49. The Hall–Kier alpha value is -1.47. The number of nitrogens with one attached hydrogen (secondary N) is 2. The van der Waals surface area contributed by atoms with Gasteiger partial charge in [-0.25, -0.2) is 4.39 Å². The molecule has 1 aromatic rings. The number of nitrogens with zero attached hydrogens (tertiary/aromatic N) is 1. The van der Waals surface area contributed by atoms with E-state index in [1.54, 1.807) is 4.90 Å². The Kier molecular flexibility index (Phi) is 5.08. The van der Waals surface area contributed by atoms with Crippen molar-refractivity contribution in [3.63, 3.8) is 0 Å². The molecule has 1 saturated heterocycles. The van der Waals surface area contributed by atoms with Crippen LogP contribution in [0.4, 0.5) is 4.39 Å². The van der Waals surface area contributed by atoms with Crippen LogP contribution in [-0.2, 0) is 4.79 Å². The standard InChI is InChI=1S/C13H15BrFN3O2/c14-12-9(2-1-3-10(12)15)13(20)17-8-11(19)18-6-4-16-5-7-18/h1-3,16H,4-8H2,(H,17,20). The fourth-order valence-corrected chi connectivity index (χ4v) is 2.40. The van der Waals surface area contributed by atoms with Crippen molar-refractivity contribution >= 4 is 27.7 Å². The van der Waals surface area contributed by atoms with Gasteiger partial charge in [-0.05, 0) is 28.1 Å². The summed E-state index contributed by atoms with van der Waals surface area (Å²) in [5.74, 6) is -1.11. The Bertz CT molecular complexity index is 518. The van der Waals surface area contributed by atoms with Gasteiger partial charge < -0.3 is 15.5 Å². The predicted octanol–water partition coefficient (Wildman–Crippen LogP) is 0.750. The molecular weight excluding hydrogens is 329 g/mol. The Balaban J connectivity index is 1.91. The minimum Gasteiger partial charge on any atom is -0.343 e. The molecule has 2 rings (SSSR count). The maximum absolute atomic E-state index is 13.3. The molecule has 0 aromatic heterocycles. The summed E-state index contributed by atoms with van der Waals surface area (Å²) >= 11 is 3.02. The van der Waals surface area contributed by atoms with Crippen molar-refractivity contribution in [3.8, 4) is 0 Å². The fraction of sp³-hybridized carbons (Fsp3) is 0.385. The zero-order chi connectivity index (χ0) is 14.5. The largest absolute Gasteiger partial charge is 0.343 e. The third kappa shape index (κ3) is 3.55. The third-order valence-electron chi connectivity index (χ3n) is 3.07. The normalized spacial score (nSPS) is 15.0. The molecule has 20 heavy (non-hydrogen) atoms. The van der Waals surface area contributed by atoms with Gasteiger partial charge in [0.25, 0.3) is 5.91 Å². The van der Waals surface area contributed by atoms with Crippen LogP contribution in [0.5, 0.6) is 0 Å². The second kappa shape index (κ2) is 6.81. The highest BCUT2D eigenvalue weighted by Gasteiger charge is 2.18. The Morgan fingerprint density at radius 3 is 2.75 bits per heavy atom. The van der Waals surface area contributed by atoms with Crippen LogP contribution in [0.25, 0.3) is 0 Å². The average Bonchev–Trinajstić information content (AvgIpc) is 2.48. The first kappa shape index (κ1) is 14.9. The van der Waals surface area contributed by atoms with Crippen molar-refractivity contribution in [1.82, 2.24) is 15.5 Å². The quantitative estimate of drug-likeness (QED) is 0.851. The highest BCUT2D eigenvalue weighted by Crippen LogP contribution is 2.20. The molecule has 1 aliphatic rings. The zero-order valence-corrected chi connectivity index (χ0v) is 12.4. The summed E-state index contributed by atoms with van der Waals surface area (Å²) in [5, 5.41) is 5.66. The molecule has 108 valence electrons. The molecule has 1 fully saturated rings. The Morgan fingerprint density at radius 1 is 1.35 bits per heavy atom. The molecule has 1 aromatic carbocycles. The topological polar surface area (TPSA) is 61.4 Å². The van der Waals surface area contributed by atoms with Gasteiger partial charge in [-0.2, -0.15) is 0 Å². The molecular formula is C13H15BrFN3O2. The van der Waals surface area contributed by atoms with Crippen molar-refractivity contribution in [2.24, 2.45) is 0 Å². The molecule has 0 atom stereocenters. The Labute approximate surface area is 124 Å². The van der Waals surface area contributed by atoms with Crippen molar-refractivity contribution in [2.45, 2.75) is 0 Å². The summed E-state index contributed by atoms with van der Waals surface area (Å²) in [7, 11) is 0. The highest BCUT2D eigenvalue weighted by molar-refractivity contribution is 9.10. The van der Waals surface area contributed by atoms with Crippen molar-refractivity contribution in [2.75, 3.05) is 32.7 Å². The number of carbonyl (C=O) groups is 2. The maximum Gasteiger partial charge on any atom is 0.252 e.